The van der Waals surface area contributed by atoms with E-state index < -0.39 is 12.7 Å². The molecule has 4 nitrogen and oxygen atoms in total. The van der Waals surface area contributed by atoms with E-state index in [1.165, 1.54) is 9.78 Å². The summed E-state index contributed by atoms with van der Waals surface area (Å²) in [7, 11) is 2.00. The average molecular weight is 376 g/mol. The number of nitrogens with one attached hydrogen (secondary N) is 1. The molecule has 0 aromatic carbocycles. The van der Waals surface area contributed by atoms with Gasteiger partial charge in [-0.1, -0.05) is 6.07 Å². The van der Waals surface area contributed by atoms with Gasteiger partial charge in [0.15, 0.2) is 5.96 Å². The van der Waals surface area contributed by atoms with Gasteiger partial charge in [0.2, 0.25) is 0 Å². The highest BCUT2D eigenvalue weighted by Crippen LogP contribution is 2.22. The zero-order valence-corrected chi connectivity index (χ0v) is 15.7. The molecule has 0 saturated carbocycles. The van der Waals surface area contributed by atoms with Crippen molar-refractivity contribution in [2.24, 2.45) is 10.9 Å². The van der Waals surface area contributed by atoms with E-state index in [1.54, 1.807) is 11.3 Å². The van der Waals surface area contributed by atoms with Crippen LogP contribution >= 0.6 is 11.3 Å². The molecule has 1 unspecified atom stereocenters. The monoisotopic (exact) mass is 376 g/mol. The minimum absolute atomic E-state index is 0.196. The maximum atomic E-state index is 12.5. The quantitative estimate of drug-likeness (QED) is 0.586. The van der Waals surface area contributed by atoms with Gasteiger partial charge in [0.05, 0.1) is 6.54 Å². The summed E-state index contributed by atoms with van der Waals surface area (Å²) in [5, 5.41) is 5.34. The van der Waals surface area contributed by atoms with Crippen molar-refractivity contribution < 1.29 is 13.2 Å². The Morgan fingerprint density at radius 2 is 2.28 bits per heavy atom. The first-order valence-electron chi connectivity index (χ1n) is 8.68. The molecule has 1 aromatic rings. The molecular formula is C17H27F3N4S. The van der Waals surface area contributed by atoms with Crippen molar-refractivity contribution in [3.05, 3.63) is 22.4 Å². The van der Waals surface area contributed by atoms with Crippen LogP contribution in [0.2, 0.25) is 0 Å². The van der Waals surface area contributed by atoms with Crippen molar-refractivity contribution in [3.8, 4) is 0 Å². The summed E-state index contributed by atoms with van der Waals surface area (Å²) < 4.78 is 37.4. The molecule has 25 heavy (non-hydrogen) atoms. The Morgan fingerprint density at radius 1 is 1.48 bits per heavy atom. The minimum Gasteiger partial charge on any atom is -0.357 e. The average Bonchev–Trinajstić information content (AvgIpc) is 3.19. The molecule has 1 fully saturated rings. The van der Waals surface area contributed by atoms with E-state index in [9.17, 15) is 13.2 Å². The summed E-state index contributed by atoms with van der Waals surface area (Å²) in [6, 6.07) is 4.17. The lowest BCUT2D eigenvalue weighted by Crippen LogP contribution is -2.40. The predicted molar refractivity (Wildman–Crippen MR) is 97.2 cm³/mol. The lowest BCUT2D eigenvalue weighted by molar-refractivity contribution is -0.143. The number of aliphatic imine (C=N–C) groups is 1. The van der Waals surface area contributed by atoms with Gasteiger partial charge in [0, 0.05) is 38.1 Å². The van der Waals surface area contributed by atoms with Gasteiger partial charge in [-0.3, -0.25) is 9.89 Å². The summed E-state index contributed by atoms with van der Waals surface area (Å²) in [6.45, 7) is 4.38. The maximum Gasteiger partial charge on any atom is 0.401 e. The number of hydrogen-bond donors (Lipinski definition) is 1. The van der Waals surface area contributed by atoms with Gasteiger partial charge in [0.25, 0.3) is 0 Å². The summed E-state index contributed by atoms with van der Waals surface area (Å²) >= 11 is 1.74. The second kappa shape index (κ2) is 9.43. The van der Waals surface area contributed by atoms with Crippen LogP contribution in [-0.4, -0.2) is 68.3 Å². The van der Waals surface area contributed by atoms with Crippen molar-refractivity contribution in [2.45, 2.75) is 25.9 Å². The van der Waals surface area contributed by atoms with E-state index >= 15 is 0 Å². The Balaban J connectivity index is 1.82. The standard InChI is InChI=1S/C17H27F3N4S/c1-3-21-16(23(2)8-7-15-5-4-10-25-15)22-11-14-6-9-24(12-14)13-17(18,19)20/h4-5,10,14H,3,6-9,11-13H2,1-2H3,(H,21,22). The Bertz CT molecular complexity index is 530. The van der Waals surface area contributed by atoms with Gasteiger partial charge < -0.3 is 10.2 Å². The number of likely N-dealkylation sites (tertiary alicyclic amines) is 1. The molecule has 1 N–H and O–H groups in total. The fraction of sp³-hybridized carbons (Fsp3) is 0.706. The molecule has 1 aliphatic heterocycles. The first kappa shape index (κ1) is 20.0. The van der Waals surface area contributed by atoms with Crippen molar-refractivity contribution in [1.82, 2.24) is 15.1 Å². The zero-order valence-electron chi connectivity index (χ0n) is 14.9. The van der Waals surface area contributed by atoms with Gasteiger partial charge >= 0.3 is 6.18 Å². The Morgan fingerprint density at radius 3 is 2.92 bits per heavy atom. The smallest absolute Gasteiger partial charge is 0.357 e. The van der Waals surface area contributed by atoms with Crippen molar-refractivity contribution in [2.75, 3.05) is 46.3 Å². The van der Waals surface area contributed by atoms with Gasteiger partial charge in [0.1, 0.15) is 0 Å². The molecule has 0 bridgehead atoms. The number of hydrogen-bond acceptors (Lipinski definition) is 3. The molecule has 1 atom stereocenters. The van der Waals surface area contributed by atoms with Crippen LogP contribution in [0.15, 0.2) is 22.5 Å². The third-order valence-corrected chi connectivity index (χ3v) is 5.18. The molecule has 8 heteroatoms. The zero-order chi connectivity index (χ0) is 18.3. The van der Waals surface area contributed by atoms with E-state index in [-0.39, 0.29) is 5.92 Å². The van der Waals surface area contributed by atoms with E-state index in [4.69, 9.17) is 0 Å². The third-order valence-electron chi connectivity index (χ3n) is 4.24. The Labute approximate surface area is 151 Å². The SMILES string of the molecule is CCNC(=NCC1CCN(CC(F)(F)F)C1)N(C)CCc1cccs1. The van der Waals surface area contributed by atoms with E-state index in [2.05, 4.69) is 26.7 Å². The molecule has 0 aliphatic carbocycles. The third kappa shape index (κ3) is 7.23. The van der Waals surface area contributed by atoms with Crippen LogP contribution < -0.4 is 5.32 Å². The highest BCUT2D eigenvalue weighted by Gasteiger charge is 2.34. The topological polar surface area (TPSA) is 30.9 Å². The first-order chi connectivity index (χ1) is 11.9. The summed E-state index contributed by atoms with van der Waals surface area (Å²) in [6.07, 6.45) is -2.38. The number of thiophene rings is 1. The van der Waals surface area contributed by atoms with E-state index in [1.807, 2.05) is 20.0 Å². The number of guanidine groups is 1. The maximum absolute atomic E-state index is 12.5. The minimum atomic E-state index is -4.12. The highest BCUT2D eigenvalue weighted by atomic mass is 32.1. The molecule has 0 amide bonds. The molecule has 1 saturated heterocycles. The number of likely N-dealkylation sites (N-methyl/N-ethyl adjacent to an activating group) is 1. The molecule has 2 rings (SSSR count). The second-order valence-corrected chi connectivity index (χ2v) is 7.48. The van der Waals surface area contributed by atoms with Crippen LogP contribution in [0.5, 0.6) is 0 Å². The van der Waals surface area contributed by atoms with Crippen LogP contribution in [0, 0.1) is 5.92 Å². The van der Waals surface area contributed by atoms with Crippen LogP contribution in [0.4, 0.5) is 13.2 Å². The summed E-state index contributed by atoms with van der Waals surface area (Å²) in [4.78, 5) is 9.56. The predicted octanol–water partition coefficient (Wildman–Crippen LogP) is 3.07. The van der Waals surface area contributed by atoms with Gasteiger partial charge in [-0.05, 0) is 43.7 Å². The molecule has 1 aromatic heterocycles. The molecule has 0 radical (unpaired) electrons. The summed E-state index contributed by atoms with van der Waals surface area (Å²) in [5.41, 5.74) is 0. The normalized spacial score (nSPS) is 19.4. The fourth-order valence-corrected chi connectivity index (χ4v) is 3.68. The highest BCUT2D eigenvalue weighted by molar-refractivity contribution is 7.09. The van der Waals surface area contributed by atoms with Crippen molar-refractivity contribution in [1.29, 1.82) is 0 Å². The second-order valence-electron chi connectivity index (χ2n) is 6.45. The number of alkyl halides is 3. The van der Waals surface area contributed by atoms with Crippen LogP contribution in [0.3, 0.4) is 0 Å². The van der Waals surface area contributed by atoms with E-state index in [0.29, 0.717) is 19.6 Å². The lowest BCUT2D eigenvalue weighted by atomic mass is 10.1. The summed E-state index contributed by atoms with van der Waals surface area (Å²) in [5.74, 6) is 1.02. The van der Waals surface area contributed by atoms with Crippen molar-refractivity contribution in [3.63, 3.8) is 0 Å². The first-order valence-corrected chi connectivity index (χ1v) is 9.56. The van der Waals surface area contributed by atoms with Crippen LogP contribution in [-0.2, 0) is 6.42 Å². The Hall–Kier alpha value is -1.28. The fourth-order valence-electron chi connectivity index (χ4n) is 2.98. The largest absolute Gasteiger partial charge is 0.401 e. The number of rotatable bonds is 7. The molecule has 142 valence electrons. The van der Waals surface area contributed by atoms with E-state index in [0.717, 1.165) is 31.9 Å². The van der Waals surface area contributed by atoms with Gasteiger partial charge in [-0.15, -0.1) is 11.3 Å². The van der Waals surface area contributed by atoms with Gasteiger partial charge in [-0.25, -0.2) is 0 Å². The molecule has 1 aliphatic rings. The number of halogens is 3. The van der Waals surface area contributed by atoms with Crippen LogP contribution in [0.25, 0.3) is 0 Å². The molecular weight excluding hydrogens is 349 g/mol. The van der Waals surface area contributed by atoms with Crippen molar-refractivity contribution >= 4 is 17.3 Å². The van der Waals surface area contributed by atoms with Gasteiger partial charge in [-0.2, -0.15) is 13.2 Å². The number of nitrogens with zero attached hydrogens (tertiary/aromatic N) is 3. The lowest BCUT2D eigenvalue weighted by Gasteiger charge is -2.22. The van der Waals surface area contributed by atoms with Crippen LogP contribution in [0.1, 0.15) is 18.2 Å². The Kier molecular flexibility index (Phi) is 7.56. The molecule has 0 spiro atoms. The molecule has 2 heterocycles.